The average Bonchev–Trinajstić information content (AvgIpc) is 2.43. The van der Waals surface area contributed by atoms with E-state index in [0.29, 0.717) is 0 Å². The first kappa shape index (κ1) is 17.3. The van der Waals surface area contributed by atoms with Gasteiger partial charge in [0, 0.05) is 24.6 Å². The van der Waals surface area contributed by atoms with Crippen LogP contribution in [0.1, 0.15) is 25.8 Å². The molecule has 0 aliphatic carbocycles. The summed E-state index contributed by atoms with van der Waals surface area (Å²) in [6.45, 7) is 3.90. The lowest BCUT2D eigenvalue weighted by molar-refractivity contribution is -0.117. The van der Waals surface area contributed by atoms with E-state index in [1.807, 2.05) is 57.1 Å². The fourth-order valence-corrected chi connectivity index (χ4v) is 2.45. The Labute approximate surface area is 134 Å². The highest BCUT2D eigenvalue weighted by molar-refractivity contribution is 9.10. The minimum Gasteiger partial charge on any atom is -0.377 e. The monoisotopic (exact) mass is 349 g/mol. The minimum atomic E-state index is -0.334. The lowest BCUT2D eigenvalue weighted by Crippen LogP contribution is -2.32. The smallest absolute Gasteiger partial charge is 0.262 e. The first-order chi connectivity index (χ1) is 9.88. The van der Waals surface area contributed by atoms with Crippen molar-refractivity contribution in [2.75, 3.05) is 19.0 Å². The molecule has 21 heavy (non-hydrogen) atoms. The van der Waals surface area contributed by atoms with Gasteiger partial charge in [-0.2, -0.15) is 5.26 Å². The average molecular weight is 350 g/mol. The summed E-state index contributed by atoms with van der Waals surface area (Å²) >= 11 is 3.49. The summed E-state index contributed by atoms with van der Waals surface area (Å²) in [5, 5.41) is 12.0. The van der Waals surface area contributed by atoms with Crippen LogP contribution in [-0.4, -0.2) is 26.0 Å². The Bertz CT molecular complexity index is 588. The summed E-state index contributed by atoms with van der Waals surface area (Å²) < 4.78 is 0.917. The van der Waals surface area contributed by atoms with Crippen molar-refractivity contribution in [3.63, 3.8) is 0 Å². The van der Waals surface area contributed by atoms with Gasteiger partial charge >= 0.3 is 0 Å². The SMILES string of the molecule is CC[C@@H](C)NC(=O)/C(C#N)=C/c1ccc(N(C)C)c(Br)c1. The predicted octanol–water partition coefficient (Wildman–Crippen LogP) is 3.34. The lowest BCUT2D eigenvalue weighted by atomic mass is 10.1. The molecule has 1 aromatic rings. The summed E-state index contributed by atoms with van der Waals surface area (Å²) in [5.41, 5.74) is 1.96. The zero-order valence-electron chi connectivity index (χ0n) is 12.8. The Morgan fingerprint density at radius 3 is 2.67 bits per heavy atom. The number of rotatable bonds is 5. The number of carbonyl (C=O) groups excluding carboxylic acids is 1. The van der Waals surface area contributed by atoms with Gasteiger partial charge in [0.2, 0.25) is 0 Å². The molecule has 1 rings (SSSR count). The quantitative estimate of drug-likeness (QED) is 0.655. The molecule has 0 bridgehead atoms. The van der Waals surface area contributed by atoms with Crippen LogP contribution in [0, 0.1) is 11.3 Å². The molecule has 0 fully saturated rings. The largest absolute Gasteiger partial charge is 0.377 e. The first-order valence-electron chi connectivity index (χ1n) is 6.78. The minimum absolute atomic E-state index is 0.0529. The maximum absolute atomic E-state index is 12.0. The van der Waals surface area contributed by atoms with Crippen LogP contribution in [0.4, 0.5) is 5.69 Å². The van der Waals surface area contributed by atoms with Gasteiger partial charge in [0.1, 0.15) is 11.6 Å². The van der Waals surface area contributed by atoms with E-state index < -0.39 is 0 Å². The topological polar surface area (TPSA) is 56.1 Å². The summed E-state index contributed by atoms with van der Waals surface area (Å²) in [7, 11) is 3.91. The summed E-state index contributed by atoms with van der Waals surface area (Å²) in [5.74, 6) is -0.334. The molecule has 0 aliphatic heterocycles. The lowest BCUT2D eigenvalue weighted by Gasteiger charge is -2.15. The predicted molar refractivity (Wildman–Crippen MR) is 90.0 cm³/mol. The summed E-state index contributed by atoms with van der Waals surface area (Å²) in [6, 6.07) is 7.73. The van der Waals surface area contributed by atoms with Crippen molar-refractivity contribution >= 4 is 33.6 Å². The number of nitrogens with zero attached hydrogens (tertiary/aromatic N) is 2. The van der Waals surface area contributed by atoms with E-state index in [-0.39, 0.29) is 17.5 Å². The van der Waals surface area contributed by atoms with Gasteiger partial charge in [-0.15, -0.1) is 0 Å². The van der Waals surface area contributed by atoms with Crippen molar-refractivity contribution < 1.29 is 4.79 Å². The molecule has 1 atom stereocenters. The van der Waals surface area contributed by atoms with Gasteiger partial charge in [-0.3, -0.25) is 4.79 Å². The molecule has 1 aromatic carbocycles. The Morgan fingerprint density at radius 2 is 2.19 bits per heavy atom. The number of amides is 1. The van der Waals surface area contributed by atoms with Crippen molar-refractivity contribution in [1.82, 2.24) is 5.32 Å². The number of carbonyl (C=O) groups is 1. The standard InChI is InChI=1S/C16H20BrN3O/c1-5-11(2)19-16(21)13(10-18)8-12-6-7-15(20(3)4)14(17)9-12/h6-9,11H,5H2,1-4H3,(H,19,21)/b13-8+/t11-/m1/s1. The van der Waals surface area contributed by atoms with Crippen LogP contribution in [0.5, 0.6) is 0 Å². The third-order valence-corrected chi connectivity index (χ3v) is 3.75. The van der Waals surface area contributed by atoms with Crippen molar-refractivity contribution in [2.24, 2.45) is 0 Å². The number of hydrogen-bond donors (Lipinski definition) is 1. The van der Waals surface area contributed by atoms with Crippen molar-refractivity contribution in [2.45, 2.75) is 26.3 Å². The van der Waals surface area contributed by atoms with E-state index in [4.69, 9.17) is 5.26 Å². The normalized spacial score (nSPS) is 12.5. The second kappa shape index (κ2) is 7.84. The van der Waals surface area contributed by atoms with Crippen LogP contribution in [0.2, 0.25) is 0 Å². The Morgan fingerprint density at radius 1 is 1.52 bits per heavy atom. The van der Waals surface area contributed by atoms with Crippen LogP contribution >= 0.6 is 15.9 Å². The molecule has 0 aliphatic rings. The van der Waals surface area contributed by atoms with Gasteiger partial charge in [0.05, 0.1) is 5.69 Å². The van der Waals surface area contributed by atoms with Gasteiger partial charge in [0.25, 0.3) is 5.91 Å². The Balaban J connectivity index is 3.01. The number of halogens is 1. The van der Waals surface area contributed by atoms with E-state index in [1.165, 1.54) is 0 Å². The van der Waals surface area contributed by atoms with Crippen molar-refractivity contribution in [1.29, 1.82) is 5.26 Å². The number of anilines is 1. The van der Waals surface area contributed by atoms with E-state index in [2.05, 4.69) is 21.2 Å². The summed E-state index contributed by atoms with van der Waals surface area (Å²) in [4.78, 5) is 14.0. The highest BCUT2D eigenvalue weighted by atomic mass is 79.9. The van der Waals surface area contributed by atoms with Crippen LogP contribution < -0.4 is 10.2 Å². The maximum Gasteiger partial charge on any atom is 0.262 e. The maximum atomic E-state index is 12.0. The van der Waals surface area contributed by atoms with Crippen LogP contribution in [0.25, 0.3) is 6.08 Å². The number of nitrogens with one attached hydrogen (secondary N) is 1. The van der Waals surface area contributed by atoms with E-state index in [9.17, 15) is 4.79 Å². The molecule has 1 amide bonds. The second-order valence-electron chi connectivity index (χ2n) is 5.06. The fraction of sp³-hybridized carbons (Fsp3) is 0.375. The van der Waals surface area contributed by atoms with Gasteiger partial charge in [-0.25, -0.2) is 0 Å². The molecule has 0 saturated carbocycles. The number of nitriles is 1. The van der Waals surface area contributed by atoms with Gasteiger partial charge in [0.15, 0.2) is 0 Å². The fourth-order valence-electron chi connectivity index (χ4n) is 1.69. The van der Waals surface area contributed by atoms with Crippen molar-refractivity contribution in [3.05, 3.63) is 33.8 Å². The highest BCUT2D eigenvalue weighted by Crippen LogP contribution is 2.26. The van der Waals surface area contributed by atoms with Gasteiger partial charge in [-0.05, 0) is 53.0 Å². The molecule has 1 N–H and O–H groups in total. The molecule has 0 radical (unpaired) electrons. The Hall–Kier alpha value is -1.80. The first-order valence-corrected chi connectivity index (χ1v) is 7.57. The molecule has 0 saturated heterocycles. The molecule has 0 spiro atoms. The molecular weight excluding hydrogens is 330 g/mol. The van der Waals surface area contributed by atoms with Crippen LogP contribution in [0.15, 0.2) is 28.2 Å². The Kier molecular flexibility index (Phi) is 6.44. The molecule has 0 heterocycles. The molecule has 0 aromatic heterocycles. The van der Waals surface area contributed by atoms with Crippen LogP contribution in [-0.2, 0) is 4.79 Å². The van der Waals surface area contributed by atoms with Crippen LogP contribution in [0.3, 0.4) is 0 Å². The zero-order chi connectivity index (χ0) is 16.0. The number of benzene rings is 1. The van der Waals surface area contributed by atoms with Crippen molar-refractivity contribution in [3.8, 4) is 6.07 Å². The van der Waals surface area contributed by atoms with E-state index in [0.717, 1.165) is 22.1 Å². The van der Waals surface area contributed by atoms with Gasteiger partial charge in [-0.1, -0.05) is 13.0 Å². The molecule has 112 valence electrons. The highest BCUT2D eigenvalue weighted by Gasteiger charge is 2.11. The van der Waals surface area contributed by atoms with E-state index >= 15 is 0 Å². The van der Waals surface area contributed by atoms with E-state index in [1.54, 1.807) is 6.08 Å². The van der Waals surface area contributed by atoms with Gasteiger partial charge < -0.3 is 10.2 Å². The molecular formula is C16H20BrN3O. The molecule has 4 nitrogen and oxygen atoms in total. The number of hydrogen-bond acceptors (Lipinski definition) is 3. The third-order valence-electron chi connectivity index (χ3n) is 3.12. The summed E-state index contributed by atoms with van der Waals surface area (Å²) in [6.07, 6.45) is 2.43. The molecule has 5 heteroatoms. The zero-order valence-corrected chi connectivity index (χ0v) is 14.4. The third kappa shape index (κ3) is 4.91. The molecule has 0 unspecified atom stereocenters. The second-order valence-corrected chi connectivity index (χ2v) is 5.91.